The van der Waals surface area contributed by atoms with Crippen LogP contribution in [0.4, 0.5) is 0 Å². The van der Waals surface area contributed by atoms with Gasteiger partial charge in [-0.05, 0) is 18.6 Å². The Morgan fingerprint density at radius 1 is 1.29 bits per heavy atom. The van der Waals surface area contributed by atoms with E-state index in [0.29, 0.717) is 29.6 Å². The minimum atomic E-state index is -0.381. The van der Waals surface area contributed by atoms with Gasteiger partial charge in [-0.15, -0.1) is 0 Å². The third-order valence-corrected chi connectivity index (χ3v) is 3.85. The molecule has 94 valence electrons. The maximum atomic E-state index is 9.60. The molecule has 1 saturated heterocycles. The number of likely N-dealkylation sites (tertiary alicyclic amines) is 1. The van der Waals surface area contributed by atoms with Crippen LogP contribution in [0.5, 0.6) is 0 Å². The van der Waals surface area contributed by atoms with Gasteiger partial charge in [-0.25, -0.2) is 0 Å². The summed E-state index contributed by atoms with van der Waals surface area (Å²) in [5, 5.41) is 20.1. The highest BCUT2D eigenvalue weighted by molar-refractivity contribution is 6.35. The molecule has 0 amide bonds. The first-order valence-electron chi connectivity index (χ1n) is 5.57. The normalized spacial score (nSPS) is 25.4. The van der Waals surface area contributed by atoms with Gasteiger partial charge in [0.05, 0.1) is 12.7 Å². The third kappa shape index (κ3) is 2.92. The molecular weight excluding hydrogens is 261 g/mol. The van der Waals surface area contributed by atoms with Gasteiger partial charge < -0.3 is 10.2 Å². The zero-order chi connectivity index (χ0) is 12.4. The van der Waals surface area contributed by atoms with Crippen molar-refractivity contribution in [1.82, 2.24) is 4.90 Å². The van der Waals surface area contributed by atoms with Crippen LogP contribution < -0.4 is 0 Å². The summed E-state index contributed by atoms with van der Waals surface area (Å²) in [6.45, 7) is 1.15. The Hall–Kier alpha value is -0.320. The van der Waals surface area contributed by atoms with Gasteiger partial charge in [0.15, 0.2) is 0 Å². The van der Waals surface area contributed by atoms with Crippen LogP contribution in [0.2, 0.25) is 10.0 Å². The Bertz CT molecular complexity index is 380. The highest BCUT2D eigenvalue weighted by Gasteiger charge is 2.30. The lowest BCUT2D eigenvalue weighted by Gasteiger charge is -2.23. The smallest absolute Gasteiger partial charge is 0.0683 e. The largest absolute Gasteiger partial charge is 0.395 e. The molecule has 0 saturated carbocycles. The maximum absolute atomic E-state index is 9.60. The lowest BCUT2D eigenvalue weighted by molar-refractivity contribution is 0.150. The van der Waals surface area contributed by atoms with Crippen molar-refractivity contribution in [2.45, 2.75) is 25.1 Å². The molecule has 0 bridgehead atoms. The molecule has 0 unspecified atom stereocenters. The summed E-state index contributed by atoms with van der Waals surface area (Å²) in [5.41, 5.74) is 0.850. The van der Waals surface area contributed by atoms with Crippen molar-refractivity contribution < 1.29 is 10.2 Å². The lowest BCUT2D eigenvalue weighted by Crippen LogP contribution is -2.32. The van der Waals surface area contributed by atoms with E-state index in [1.54, 1.807) is 18.2 Å². The molecule has 2 rings (SSSR count). The standard InChI is InChI=1S/C12H15Cl2NO2/c13-11-2-1-3-12(14)10(11)6-15-5-9(17)4-8(15)7-16/h1-3,8-9,16-17H,4-7H2/t8-,9-/m1/s1. The Labute approximate surface area is 111 Å². The van der Waals surface area contributed by atoms with Crippen LogP contribution in [0, 0.1) is 0 Å². The van der Waals surface area contributed by atoms with Crippen LogP contribution in [-0.2, 0) is 6.54 Å². The molecule has 1 fully saturated rings. The fraction of sp³-hybridized carbons (Fsp3) is 0.500. The van der Waals surface area contributed by atoms with Crippen molar-refractivity contribution in [3.8, 4) is 0 Å². The summed E-state index contributed by atoms with van der Waals surface area (Å²) in [7, 11) is 0. The second kappa shape index (κ2) is 5.55. The van der Waals surface area contributed by atoms with Gasteiger partial charge in [-0.1, -0.05) is 29.3 Å². The summed E-state index contributed by atoms with van der Waals surface area (Å²) in [6.07, 6.45) is 0.215. The highest BCUT2D eigenvalue weighted by Crippen LogP contribution is 2.28. The molecule has 5 heteroatoms. The number of halogens is 2. The van der Waals surface area contributed by atoms with E-state index < -0.39 is 0 Å². The molecule has 1 heterocycles. The van der Waals surface area contributed by atoms with E-state index in [-0.39, 0.29) is 18.8 Å². The van der Waals surface area contributed by atoms with Crippen LogP contribution in [0.25, 0.3) is 0 Å². The molecule has 2 N–H and O–H groups in total. The first kappa shape index (κ1) is 13.1. The van der Waals surface area contributed by atoms with Gasteiger partial charge in [0.2, 0.25) is 0 Å². The number of nitrogens with zero attached hydrogens (tertiary/aromatic N) is 1. The van der Waals surface area contributed by atoms with E-state index in [1.165, 1.54) is 0 Å². The molecule has 1 aliphatic heterocycles. The van der Waals surface area contributed by atoms with Gasteiger partial charge in [-0.3, -0.25) is 4.90 Å². The molecule has 1 aromatic rings. The summed E-state index contributed by atoms with van der Waals surface area (Å²) >= 11 is 12.2. The van der Waals surface area contributed by atoms with E-state index in [0.717, 1.165) is 5.56 Å². The summed E-state index contributed by atoms with van der Waals surface area (Å²) in [5.74, 6) is 0. The van der Waals surface area contributed by atoms with Crippen molar-refractivity contribution in [3.05, 3.63) is 33.8 Å². The molecule has 2 atom stereocenters. The van der Waals surface area contributed by atoms with Gasteiger partial charge in [0.25, 0.3) is 0 Å². The van der Waals surface area contributed by atoms with Gasteiger partial charge in [0, 0.05) is 34.7 Å². The number of benzene rings is 1. The van der Waals surface area contributed by atoms with Crippen molar-refractivity contribution in [2.75, 3.05) is 13.2 Å². The quantitative estimate of drug-likeness (QED) is 0.886. The minimum Gasteiger partial charge on any atom is -0.395 e. The number of β-amino-alcohol motifs (C(OH)–C–C–N with tert-alkyl or cyclic N) is 1. The van der Waals surface area contributed by atoms with E-state index in [9.17, 15) is 10.2 Å². The Morgan fingerprint density at radius 3 is 2.53 bits per heavy atom. The predicted molar refractivity (Wildman–Crippen MR) is 68.4 cm³/mol. The summed E-state index contributed by atoms with van der Waals surface area (Å²) < 4.78 is 0. The molecule has 17 heavy (non-hydrogen) atoms. The average Bonchev–Trinajstić information content (AvgIpc) is 2.64. The topological polar surface area (TPSA) is 43.7 Å². The fourth-order valence-electron chi connectivity index (χ4n) is 2.23. The number of rotatable bonds is 3. The molecule has 3 nitrogen and oxygen atoms in total. The van der Waals surface area contributed by atoms with Crippen LogP contribution in [-0.4, -0.2) is 40.4 Å². The molecule has 0 radical (unpaired) electrons. The number of hydrogen-bond donors (Lipinski definition) is 2. The lowest BCUT2D eigenvalue weighted by atomic mass is 10.2. The molecule has 0 aromatic heterocycles. The van der Waals surface area contributed by atoms with E-state index in [1.807, 2.05) is 4.90 Å². The fourth-order valence-corrected chi connectivity index (χ4v) is 2.74. The zero-order valence-electron chi connectivity index (χ0n) is 9.31. The van der Waals surface area contributed by atoms with Gasteiger partial charge >= 0.3 is 0 Å². The first-order chi connectivity index (χ1) is 8.11. The number of aliphatic hydroxyl groups excluding tert-OH is 2. The maximum Gasteiger partial charge on any atom is 0.0683 e. The molecule has 1 aliphatic rings. The van der Waals surface area contributed by atoms with Gasteiger partial charge in [-0.2, -0.15) is 0 Å². The summed E-state index contributed by atoms with van der Waals surface area (Å²) in [6, 6.07) is 5.38. The van der Waals surface area contributed by atoms with Crippen LogP contribution >= 0.6 is 23.2 Å². The Morgan fingerprint density at radius 2 is 1.94 bits per heavy atom. The number of aliphatic hydroxyl groups is 2. The third-order valence-electron chi connectivity index (χ3n) is 3.14. The molecule has 1 aromatic carbocycles. The molecule has 0 spiro atoms. The van der Waals surface area contributed by atoms with Crippen molar-refractivity contribution in [3.63, 3.8) is 0 Å². The second-order valence-corrected chi connectivity index (χ2v) is 5.17. The first-order valence-corrected chi connectivity index (χ1v) is 6.33. The van der Waals surface area contributed by atoms with Crippen LogP contribution in [0.1, 0.15) is 12.0 Å². The second-order valence-electron chi connectivity index (χ2n) is 4.36. The monoisotopic (exact) mass is 275 g/mol. The number of hydrogen-bond acceptors (Lipinski definition) is 3. The summed E-state index contributed by atoms with van der Waals surface area (Å²) in [4.78, 5) is 2.01. The van der Waals surface area contributed by atoms with E-state index in [4.69, 9.17) is 23.2 Å². The predicted octanol–water partition coefficient (Wildman–Crippen LogP) is 1.92. The SMILES string of the molecule is OC[C@H]1C[C@@H](O)CN1Cc1c(Cl)cccc1Cl. The average molecular weight is 276 g/mol. The van der Waals surface area contributed by atoms with Crippen molar-refractivity contribution in [1.29, 1.82) is 0 Å². The van der Waals surface area contributed by atoms with Crippen molar-refractivity contribution in [2.24, 2.45) is 0 Å². The van der Waals surface area contributed by atoms with Crippen LogP contribution in [0.15, 0.2) is 18.2 Å². The zero-order valence-corrected chi connectivity index (χ0v) is 10.8. The molecule has 0 aliphatic carbocycles. The van der Waals surface area contributed by atoms with Crippen molar-refractivity contribution >= 4 is 23.2 Å². The molecular formula is C12H15Cl2NO2. The van der Waals surface area contributed by atoms with E-state index in [2.05, 4.69) is 0 Å². The Kier molecular flexibility index (Phi) is 4.28. The minimum absolute atomic E-state index is 0.0164. The van der Waals surface area contributed by atoms with Gasteiger partial charge in [0.1, 0.15) is 0 Å². The van der Waals surface area contributed by atoms with E-state index >= 15 is 0 Å². The van der Waals surface area contributed by atoms with Crippen LogP contribution in [0.3, 0.4) is 0 Å². The Balaban J connectivity index is 2.15. The highest BCUT2D eigenvalue weighted by atomic mass is 35.5.